The molecule has 1 aliphatic carbocycles. The number of pyridine rings is 1. The number of nitrogens with zero attached hydrogens (tertiary/aromatic N) is 1. The SMILES string of the molecule is O=C(Nc1cccc(OCc2cccnc2)c1)C1CC12CCNCC2. The van der Waals surface area contributed by atoms with E-state index in [2.05, 4.69) is 15.6 Å². The van der Waals surface area contributed by atoms with E-state index in [1.165, 1.54) is 0 Å². The molecule has 1 aliphatic heterocycles. The molecule has 4 rings (SSSR count). The minimum Gasteiger partial charge on any atom is -0.489 e. The van der Waals surface area contributed by atoms with E-state index in [1.807, 2.05) is 36.4 Å². The van der Waals surface area contributed by atoms with Crippen LogP contribution in [0.4, 0.5) is 5.69 Å². The summed E-state index contributed by atoms with van der Waals surface area (Å²) in [6, 6.07) is 11.5. The Morgan fingerprint density at radius 3 is 2.96 bits per heavy atom. The number of aromatic nitrogens is 1. The molecule has 1 amide bonds. The zero-order valence-electron chi connectivity index (χ0n) is 14.2. The van der Waals surface area contributed by atoms with Crippen LogP contribution in [0.5, 0.6) is 5.75 Å². The highest BCUT2D eigenvalue weighted by Crippen LogP contribution is 2.58. The van der Waals surface area contributed by atoms with E-state index in [4.69, 9.17) is 4.74 Å². The first-order chi connectivity index (χ1) is 12.3. The Kier molecular flexibility index (Phi) is 4.40. The van der Waals surface area contributed by atoms with E-state index < -0.39 is 0 Å². The Balaban J connectivity index is 1.34. The second-order valence-electron chi connectivity index (χ2n) is 7.04. The van der Waals surface area contributed by atoms with Crippen LogP contribution in [0.25, 0.3) is 0 Å². The highest BCUT2D eigenvalue weighted by Gasteiger charge is 2.57. The maximum Gasteiger partial charge on any atom is 0.228 e. The number of benzene rings is 1. The predicted molar refractivity (Wildman–Crippen MR) is 96.3 cm³/mol. The molecule has 1 spiro atoms. The van der Waals surface area contributed by atoms with Crippen LogP contribution in [0.15, 0.2) is 48.8 Å². The van der Waals surface area contributed by atoms with Crippen molar-refractivity contribution in [1.82, 2.24) is 10.3 Å². The molecular weight excluding hydrogens is 314 g/mol. The lowest BCUT2D eigenvalue weighted by molar-refractivity contribution is -0.118. The molecule has 1 saturated heterocycles. The van der Waals surface area contributed by atoms with Crippen molar-refractivity contribution in [3.63, 3.8) is 0 Å². The van der Waals surface area contributed by atoms with Crippen LogP contribution in [0.2, 0.25) is 0 Å². The molecule has 1 saturated carbocycles. The first-order valence-corrected chi connectivity index (χ1v) is 8.89. The third-order valence-corrected chi connectivity index (χ3v) is 5.34. The fourth-order valence-electron chi connectivity index (χ4n) is 3.74. The Morgan fingerprint density at radius 1 is 1.28 bits per heavy atom. The predicted octanol–water partition coefficient (Wildman–Crippen LogP) is 2.99. The Morgan fingerprint density at radius 2 is 2.16 bits per heavy atom. The van der Waals surface area contributed by atoms with E-state index in [0.717, 1.165) is 49.4 Å². The minimum absolute atomic E-state index is 0.145. The molecule has 2 aliphatic rings. The van der Waals surface area contributed by atoms with Crippen LogP contribution in [0.1, 0.15) is 24.8 Å². The van der Waals surface area contributed by atoms with Gasteiger partial charge < -0.3 is 15.4 Å². The minimum atomic E-state index is 0.145. The van der Waals surface area contributed by atoms with Crippen molar-refractivity contribution in [3.8, 4) is 5.75 Å². The summed E-state index contributed by atoms with van der Waals surface area (Å²) < 4.78 is 5.80. The van der Waals surface area contributed by atoms with Crippen LogP contribution in [0.3, 0.4) is 0 Å². The fourth-order valence-corrected chi connectivity index (χ4v) is 3.74. The van der Waals surface area contributed by atoms with E-state index in [9.17, 15) is 4.79 Å². The van der Waals surface area contributed by atoms with Gasteiger partial charge in [0.25, 0.3) is 0 Å². The van der Waals surface area contributed by atoms with Crippen LogP contribution in [-0.4, -0.2) is 24.0 Å². The van der Waals surface area contributed by atoms with Crippen molar-refractivity contribution in [1.29, 1.82) is 0 Å². The first-order valence-electron chi connectivity index (χ1n) is 8.89. The van der Waals surface area contributed by atoms with Crippen molar-refractivity contribution in [2.75, 3.05) is 18.4 Å². The highest BCUT2D eigenvalue weighted by atomic mass is 16.5. The summed E-state index contributed by atoms with van der Waals surface area (Å²) in [5, 5.41) is 6.43. The summed E-state index contributed by atoms with van der Waals surface area (Å²) in [5.74, 6) is 1.05. The molecule has 1 unspecified atom stereocenters. The van der Waals surface area contributed by atoms with Gasteiger partial charge in [0.15, 0.2) is 0 Å². The van der Waals surface area contributed by atoms with Crippen LogP contribution in [-0.2, 0) is 11.4 Å². The molecule has 130 valence electrons. The maximum atomic E-state index is 12.6. The molecule has 25 heavy (non-hydrogen) atoms. The molecule has 1 atom stereocenters. The van der Waals surface area contributed by atoms with Crippen molar-refractivity contribution in [3.05, 3.63) is 54.4 Å². The van der Waals surface area contributed by atoms with Gasteiger partial charge >= 0.3 is 0 Å². The second kappa shape index (κ2) is 6.84. The van der Waals surface area contributed by atoms with Gasteiger partial charge in [-0.2, -0.15) is 0 Å². The normalized spacial score (nSPS) is 20.9. The summed E-state index contributed by atoms with van der Waals surface area (Å²) in [5.41, 5.74) is 2.07. The monoisotopic (exact) mass is 337 g/mol. The number of rotatable bonds is 5. The van der Waals surface area contributed by atoms with E-state index in [1.54, 1.807) is 12.4 Å². The molecule has 2 fully saturated rings. The van der Waals surface area contributed by atoms with Crippen molar-refractivity contribution in [2.24, 2.45) is 11.3 Å². The highest BCUT2D eigenvalue weighted by molar-refractivity contribution is 5.95. The number of nitrogens with one attached hydrogen (secondary N) is 2. The van der Waals surface area contributed by atoms with Crippen molar-refractivity contribution >= 4 is 11.6 Å². The van der Waals surface area contributed by atoms with Gasteiger partial charge in [0, 0.05) is 35.6 Å². The van der Waals surface area contributed by atoms with Gasteiger partial charge in [-0.3, -0.25) is 9.78 Å². The first kappa shape index (κ1) is 16.1. The fraction of sp³-hybridized carbons (Fsp3) is 0.400. The molecule has 0 bridgehead atoms. The van der Waals surface area contributed by atoms with Gasteiger partial charge in [-0.1, -0.05) is 12.1 Å². The number of carbonyl (C=O) groups is 1. The largest absolute Gasteiger partial charge is 0.489 e. The number of hydrogen-bond donors (Lipinski definition) is 2. The standard InChI is InChI=1S/C20H23N3O2/c24-19(18-12-20(18)6-9-21-10-7-20)23-16-4-1-5-17(11-16)25-14-15-3-2-8-22-13-15/h1-5,8,11,13,18,21H,6-7,9-10,12,14H2,(H,23,24). The van der Waals surface area contributed by atoms with Gasteiger partial charge in [-0.15, -0.1) is 0 Å². The summed E-state index contributed by atoms with van der Waals surface area (Å²) in [7, 11) is 0. The molecule has 1 aromatic heterocycles. The zero-order chi connectivity index (χ0) is 17.1. The second-order valence-corrected chi connectivity index (χ2v) is 7.04. The lowest BCUT2D eigenvalue weighted by atomic mass is 9.92. The number of ether oxygens (including phenoxy) is 1. The van der Waals surface area contributed by atoms with Crippen LogP contribution < -0.4 is 15.4 Å². The molecule has 1 aromatic carbocycles. The van der Waals surface area contributed by atoms with Gasteiger partial charge in [0.1, 0.15) is 12.4 Å². The van der Waals surface area contributed by atoms with Crippen molar-refractivity contribution < 1.29 is 9.53 Å². The van der Waals surface area contributed by atoms with E-state index in [0.29, 0.717) is 6.61 Å². The van der Waals surface area contributed by atoms with Gasteiger partial charge in [-0.05, 0) is 56.0 Å². The number of amides is 1. The van der Waals surface area contributed by atoms with Gasteiger partial charge in [0.2, 0.25) is 5.91 Å². The Bertz CT molecular complexity index is 742. The van der Waals surface area contributed by atoms with Crippen molar-refractivity contribution in [2.45, 2.75) is 25.9 Å². The maximum absolute atomic E-state index is 12.6. The lowest BCUT2D eigenvalue weighted by Crippen LogP contribution is -2.31. The average Bonchev–Trinajstić information content (AvgIpc) is 3.35. The van der Waals surface area contributed by atoms with Crippen LogP contribution in [0, 0.1) is 11.3 Å². The summed E-state index contributed by atoms with van der Waals surface area (Å²) in [6.07, 6.45) is 6.78. The van der Waals surface area contributed by atoms with Crippen LogP contribution >= 0.6 is 0 Å². The molecule has 2 aromatic rings. The number of piperidine rings is 1. The van der Waals surface area contributed by atoms with Gasteiger partial charge in [0.05, 0.1) is 0 Å². The molecule has 0 radical (unpaired) electrons. The summed E-state index contributed by atoms with van der Waals surface area (Å²) >= 11 is 0. The molecule has 2 N–H and O–H groups in total. The molecule has 5 heteroatoms. The third-order valence-electron chi connectivity index (χ3n) is 5.34. The summed E-state index contributed by atoms with van der Waals surface area (Å²) in [6.45, 7) is 2.52. The Hall–Kier alpha value is -2.40. The number of hydrogen-bond acceptors (Lipinski definition) is 4. The average molecular weight is 337 g/mol. The Labute approximate surface area is 147 Å². The molecule has 2 heterocycles. The number of anilines is 1. The molecule has 5 nitrogen and oxygen atoms in total. The van der Waals surface area contributed by atoms with Gasteiger partial charge in [-0.25, -0.2) is 0 Å². The quantitative estimate of drug-likeness (QED) is 0.880. The summed E-state index contributed by atoms with van der Waals surface area (Å²) in [4.78, 5) is 16.6. The lowest BCUT2D eigenvalue weighted by Gasteiger charge is -2.23. The topological polar surface area (TPSA) is 63.2 Å². The zero-order valence-corrected chi connectivity index (χ0v) is 14.2. The smallest absolute Gasteiger partial charge is 0.228 e. The molecular formula is C20H23N3O2. The third kappa shape index (κ3) is 3.66. The number of carbonyl (C=O) groups excluding carboxylic acids is 1. The van der Waals surface area contributed by atoms with E-state index in [-0.39, 0.29) is 17.2 Å². The van der Waals surface area contributed by atoms with E-state index >= 15 is 0 Å².